The highest BCUT2D eigenvalue weighted by Crippen LogP contribution is 2.11. The van der Waals surface area contributed by atoms with Crippen LogP contribution in [0, 0.1) is 17.1 Å². The van der Waals surface area contributed by atoms with E-state index in [0.29, 0.717) is 17.7 Å². The predicted octanol–water partition coefficient (Wildman–Crippen LogP) is 2.78. The summed E-state index contributed by atoms with van der Waals surface area (Å²) in [6.07, 6.45) is 0.450. The van der Waals surface area contributed by atoms with Crippen LogP contribution < -0.4 is 0 Å². The van der Waals surface area contributed by atoms with Gasteiger partial charge in [-0.2, -0.15) is 5.26 Å². The summed E-state index contributed by atoms with van der Waals surface area (Å²) < 4.78 is 19.1. The molecule has 3 rings (SSSR count). The number of nitriles is 1. The van der Waals surface area contributed by atoms with Crippen LogP contribution in [-0.4, -0.2) is 60.3 Å². The molecule has 0 radical (unpaired) electrons. The molecule has 0 saturated carbocycles. The lowest BCUT2D eigenvalue weighted by Crippen LogP contribution is -2.37. The molecule has 1 aliphatic heterocycles. The monoisotopic (exact) mass is 397 g/mol. The minimum atomic E-state index is -0.591. The molecular formula is C23H28FN3O2. The Kier molecular flexibility index (Phi) is 8.14. The number of nitrogens with zero attached hydrogens (tertiary/aromatic N) is 3. The van der Waals surface area contributed by atoms with E-state index in [-0.39, 0.29) is 19.0 Å². The van der Waals surface area contributed by atoms with Crippen LogP contribution in [0.15, 0.2) is 48.5 Å². The molecule has 0 bridgehead atoms. The average molecular weight is 397 g/mol. The highest BCUT2D eigenvalue weighted by molar-refractivity contribution is 5.31. The van der Waals surface area contributed by atoms with Crippen molar-refractivity contribution in [2.45, 2.75) is 25.7 Å². The molecule has 2 aromatic carbocycles. The van der Waals surface area contributed by atoms with Crippen LogP contribution in [0.25, 0.3) is 0 Å². The number of β-amino-alcohol motifs (C(OH)–C–C–N with tert-alkyl or cyclic N) is 1. The van der Waals surface area contributed by atoms with E-state index in [1.165, 1.54) is 11.6 Å². The van der Waals surface area contributed by atoms with Gasteiger partial charge in [0.2, 0.25) is 0 Å². The van der Waals surface area contributed by atoms with E-state index >= 15 is 0 Å². The third-order valence-corrected chi connectivity index (χ3v) is 5.16. The number of benzene rings is 2. The highest BCUT2D eigenvalue weighted by Gasteiger charge is 2.18. The van der Waals surface area contributed by atoms with Gasteiger partial charge in [-0.25, -0.2) is 4.39 Å². The summed E-state index contributed by atoms with van der Waals surface area (Å²) in [5.74, 6) is -0.281. The Hall–Kier alpha value is -2.30. The van der Waals surface area contributed by atoms with Crippen molar-refractivity contribution in [3.8, 4) is 6.07 Å². The van der Waals surface area contributed by atoms with Crippen molar-refractivity contribution in [1.29, 1.82) is 5.26 Å². The van der Waals surface area contributed by atoms with Crippen molar-refractivity contribution >= 4 is 0 Å². The molecule has 0 amide bonds. The first-order valence-corrected chi connectivity index (χ1v) is 10.1. The van der Waals surface area contributed by atoms with Crippen molar-refractivity contribution in [2.75, 3.05) is 39.3 Å². The maximum atomic E-state index is 13.6. The molecule has 1 saturated heterocycles. The molecule has 1 unspecified atom stereocenters. The molecule has 1 N–H and O–H groups in total. The largest absolute Gasteiger partial charge is 0.389 e. The topological polar surface area (TPSA) is 59.7 Å². The van der Waals surface area contributed by atoms with E-state index in [0.717, 1.165) is 39.1 Å². The molecule has 0 aromatic heterocycles. The van der Waals surface area contributed by atoms with E-state index in [9.17, 15) is 9.50 Å². The van der Waals surface area contributed by atoms with Crippen molar-refractivity contribution in [1.82, 2.24) is 9.80 Å². The number of hydrogen-bond donors (Lipinski definition) is 1. The molecule has 5 nitrogen and oxygen atoms in total. The van der Waals surface area contributed by atoms with Gasteiger partial charge in [-0.05, 0) is 43.3 Å². The zero-order chi connectivity index (χ0) is 20.5. The SMILES string of the molecule is N#Cc1ccc(CN2CCCN(CC(O)COCc3ccccc3F)CC2)cc1. The standard InChI is InChI=1S/C23H28FN3O2/c24-23-5-2-1-4-21(23)17-29-18-22(28)16-27-11-3-10-26(12-13-27)15-20-8-6-19(14-25)7-9-20/h1-2,4-9,22,28H,3,10-13,15-18H2. The lowest BCUT2D eigenvalue weighted by atomic mass is 10.1. The van der Waals surface area contributed by atoms with Gasteiger partial charge in [0.25, 0.3) is 0 Å². The summed E-state index contributed by atoms with van der Waals surface area (Å²) >= 11 is 0. The summed E-state index contributed by atoms with van der Waals surface area (Å²) in [6.45, 7) is 5.56. The van der Waals surface area contributed by atoms with Crippen LogP contribution in [0.4, 0.5) is 4.39 Å². The van der Waals surface area contributed by atoms with Gasteiger partial charge in [-0.15, -0.1) is 0 Å². The smallest absolute Gasteiger partial charge is 0.128 e. The molecule has 1 atom stereocenters. The van der Waals surface area contributed by atoms with Crippen molar-refractivity contribution in [3.05, 3.63) is 71.0 Å². The van der Waals surface area contributed by atoms with Crippen LogP contribution in [0.3, 0.4) is 0 Å². The third-order valence-electron chi connectivity index (χ3n) is 5.16. The van der Waals surface area contributed by atoms with E-state index in [1.54, 1.807) is 18.2 Å². The molecular weight excluding hydrogens is 369 g/mol. The quantitative estimate of drug-likeness (QED) is 0.742. The first-order chi connectivity index (χ1) is 14.1. The number of rotatable bonds is 8. The lowest BCUT2D eigenvalue weighted by Gasteiger charge is -2.24. The first kappa shape index (κ1) is 21.4. The summed E-state index contributed by atoms with van der Waals surface area (Å²) in [5, 5.41) is 19.2. The Morgan fingerprint density at radius 3 is 2.52 bits per heavy atom. The fraction of sp³-hybridized carbons (Fsp3) is 0.435. The predicted molar refractivity (Wildman–Crippen MR) is 110 cm³/mol. The van der Waals surface area contributed by atoms with E-state index < -0.39 is 6.10 Å². The molecule has 0 aliphatic carbocycles. The van der Waals surface area contributed by atoms with Gasteiger partial charge in [0.05, 0.1) is 31.0 Å². The molecule has 6 heteroatoms. The molecule has 1 heterocycles. The molecule has 2 aromatic rings. The fourth-order valence-electron chi connectivity index (χ4n) is 3.58. The van der Waals surface area contributed by atoms with E-state index in [2.05, 4.69) is 15.9 Å². The van der Waals surface area contributed by atoms with Crippen LogP contribution in [0.1, 0.15) is 23.1 Å². The minimum absolute atomic E-state index is 0.169. The average Bonchev–Trinajstić information content (AvgIpc) is 2.95. The number of ether oxygens (including phenoxy) is 1. The summed E-state index contributed by atoms with van der Waals surface area (Å²) in [4.78, 5) is 4.67. The van der Waals surface area contributed by atoms with Gasteiger partial charge >= 0.3 is 0 Å². The highest BCUT2D eigenvalue weighted by atomic mass is 19.1. The zero-order valence-electron chi connectivity index (χ0n) is 16.6. The second kappa shape index (κ2) is 11.0. The second-order valence-electron chi connectivity index (χ2n) is 7.50. The Labute approximate surface area is 171 Å². The van der Waals surface area contributed by atoms with Crippen molar-refractivity contribution in [2.24, 2.45) is 0 Å². The molecule has 1 aliphatic rings. The second-order valence-corrected chi connectivity index (χ2v) is 7.50. The molecule has 1 fully saturated rings. The normalized spacial score (nSPS) is 16.9. The van der Waals surface area contributed by atoms with Gasteiger partial charge in [-0.3, -0.25) is 9.80 Å². The molecule has 154 valence electrons. The van der Waals surface area contributed by atoms with Crippen LogP contribution in [0.2, 0.25) is 0 Å². The first-order valence-electron chi connectivity index (χ1n) is 10.1. The van der Waals surface area contributed by atoms with E-state index in [1.807, 2.05) is 24.3 Å². The van der Waals surface area contributed by atoms with Crippen LogP contribution >= 0.6 is 0 Å². The van der Waals surface area contributed by atoms with Crippen molar-refractivity contribution in [3.63, 3.8) is 0 Å². The number of hydrogen-bond acceptors (Lipinski definition) is 5. The van der Waals surface area contributed by atoms with Gasteiger partial charge in [0.1, 0.15) is 5.82 Å². The summed E-state index contributed by atoms with van der Waals surface area (Å²) in [5.41, 5.74) is 2.40. The summed E-state index contributed by atoms with van der Waals surface area (Å²) in [7, 11) is 0. The van der Waals surface area contributed by atoms with Crippen molar-refractivity contribution < 1.29 is 14.2 Å². The number of aliphatic hydroxyl groups excluding tert-OH is 1. The lowest BCUT2D eigenvalue weighted by molar-refractivity contribution is 0.00971. The van der Waals surface area contributed by atoms with Gasteiger partial charge in [0, 0.05) is 31.7 Å². The summed E-state index contributed by atoms with van der Waals surface area (Å²) in [6, 6.07) is 16.4. The number of aliphatic hydroxyl groups is 1. The minimum Gasteiger partial charge on any atom is -0.389 e. The Morgan fingerprint density at radius 2 is 1.76 bits per heavy atom. The maximum absolute atomic E-state index is 13.6. The van der Waals surface area contributed by atoms with Gasteiger partial charge in [0.15, 0.2) is 0 Å². The Morgan fingerprint density at radius 1 is 1.03 bits per heavy atom. The maximum Gasteiger partial charge on any atom is 0.128 e. The third kappa shape index (κ3) is 6.91. The fourth-order valence-corrected chi connectivity index (χ4v) is 3.58. The zero-order valence-corrected chi connectivity index (χ0v) is 16.6. The van der Waals surface area contributed by atoms with Crippen LogP contribution in [-0.2, 0) is 17.9 Å². The molecule has 0 spiro atoms. The van der Waals surface area contributed by atoms with Crippen LogP contribution in [0.5, 0.6) is 0 Å². The Balaban J connectivity index is 1.38. The van der Waals surface area contributed by atoms with Gasteiger partial charge in [-0.1, -0.05) is 30.3 Å². The molecule has 29 heavy (non-hydrogen) atoms. The van der Waals surface area contributed by atoms with E-state index in [4.69, 9.17) is 10.00 Å². The Bertz CT molecular complexity index is 807. The van der Waals surface area contributed by atoms with Gasteiger partial charge < -0.3 is 9.84 Å². The number of halogens is 1.